The lowest BCUT2D eigenvalue weighted by atomic mass is 9.98. The van der Waals surface area contributed by atoms with Crippen molar-refractivity contribution in [3.05, 3.63) is 35.4 Å². The Bertz CT molecular complexity index is 567. The van der Waals surface area contributed by atoms with Crippen LogP contribution in [0.3, 0.4) is 0 Å². The van der Waals surface area contributed by atoms with Crippen LogP contribution in [0.25, 0.3) is 0 Å². The van der Waals surface area contributed by atoms with Crippen LogP contribution in [0.5, 0.6) is 0 Å². The Morgan fingerprint density at radius 3 is 2.86 bits per heavy atom. The van der Waals surface area contributed by atoms with E-state index < -0.39 is 0 Å². The van der Waals surface area contributed by atoms with Gasteiger partial charge in [-0.3, -0.25) is 4.79 Å². The minimum Gasteiger partial charge on any atom is -0.341 e. The lowest BCUT2D eigenvalue weighted by Crippen LogP contribution is -2.36. The van der Waals surface area contributed by atoms with Crippen LogP contribution in [0.1, 0.15) is 29.2 Å². The van der Waals surface area contributed by atoms with Crippen molar-refractivity contribution in [3.63, 3.8) is 0 Å². The van der Waals surface area contributed by atoms with Gasteiger partial charge in [-0.1, -0.05) is 24.3 Å². The Kier molecular flexibility index (Phi) is 4.72. The van der Waals surface area contributed by atoms with E-state index in [0.29, 0.717) is 23.8 Å². The van der Waals surface area contributed by atoms with Crippen molar-refractivity contribution < 1.29 is 4.79 Å². The van der Waals surface area contributed by atoms with Gasteiger partial charge < -0.3 is 10.6 Å². The lowest BCUT2D eigenvalue weighted by molar-refractivity contribution is -0.130. The zero-order valence-corrected chi connectivity index (χ0v) is 14.2. The zero-order valence-electron chi connectivity index (χ0n) is 12.6. The summed E-state index contributed by atoms with van der Waals surface area (Å²) in [6.07, 6.45) is 3.42. The highest BCUT2D eigenvalue weighted by molar-refractivity contribution is 8.00. The molecule has 1 saturated carbocycles. The quantitative estimate of drug-likeness (QED) is 0.856. The molecule has 3 nitrogen and oxygen atoms in total. The summed E-state index contributed by atoms with van der Waals surface area (Å²) in [5.41, 5.74) is 8.78. The Hall–Kier alpha value is -0.710. The van der Waals surface area contributed by atoms with Crippen molar-refractivity contribution >= 4 is 30.1 Å². The number of thioether (sulfide) groups is 1. The van der Waals surface area contributed by atoms with Crippen LogP contribution >= 0.6 is 24.2 Å². The molecule has 1 amide bonds. The molecule has 4 unspecified atom stereocenters. The summed E-state index contributed by atoms with van der Waals surface area (Å²) in [6.45, 7) is 1.81. The number of fused-ring (bicyclic) bond motifs is 2. The highest BCUT2D eigenvalue weighted by Gasteiger charge is 2.44. The smallest absolute Gasteiger partial charge is 0.240 e. The summed E-state index contributed by atoms with van der Waals surface area (Å²) in [5, 5.41) is 0.00463. The third-order valence-electron chi connectivity index (χ3n) is 5.44. The van der Waals surface area contributed by atoms with E-state index in [1.165, 1.54) is 17.5 Å². The molecule has 2 fully saturated rings. The molecule has 0 spiro atoms. The van der Waals surface area contributed by atoms with Crippen molar-refractivity contribution in [1.82, 2.24) is 4.90 Å². The first kappa shape index (κ1) is 16.2. The predicted molar refractivity (Wildman–Crippen MR) is 93.4 cm³/mol. The number of amides is 1. The average Bonchev–Trinajstić information content (AvgIpc) is 3.08. The minimum absolute atomic E-state index is 0. The molecule has 2 N–H and O–H groups in total. The first-order chi connectivity index (χ1) is 10.2. The van der Waals surface area contributed by atoms with E-state index in [2.05, 4.69) is 29.2 Å². The van der Waals surface area contributed by atoms with Crippen LogP contribution < -0.4 is 5.73 Å². The number of nitrogens with zero attached hydrogens (tertiary/aromatic N) is 1. The number of carbonyl (C=O) groups excluding carboxylic acids is 1. The molecular weight excluding hydrogens is 316 g/mol. The van der Waals surface area contributed by atoms with Gasteiger partial charge in [0.05, 0.1) is 0 Å². The normalized spacial score (nSPS) is 33.0. The second-order valence-corrected chi connectivity index (χ2v) is 7.82. The molecular formula is C17H23ClN2OS. The molecule has 4 atom stereocenters. The number of hydrogen-bond acceptors (Lipinski definition) is 3. The molecule has 4 rings (SSSR count). The summed E-state index contributed by atoms with van der Waals surface area (Å²) in [4.78, 5) is 15.1. The Labute approximate surface area is 142 Å². The molecule has 0 radical (unpaired) electrons. The molecule has 0 aromatic heterocycles. The molecule has 0 bridgehead atoms. The molecule has 1 aromatic carbocycles. The number of halogens is 1. The first-order valence-corrected chi connectivity index (χ1v) is 9.02. The summed E-state index contributed by atoms with van der Waals surface area (Å²) >= 11 is 1.81. The maximum atomic E-state index is 13.0. The van der Waals surface area contributed by atoms with Gasteiger partial charge in [-0.2, -0.15) is 0 Å². The van der Waals surface area contributed by atoms with Crippen LogP contribution in [-0.2, 0) is 11.2 Å². The zero-order chi connectivity index (χ0) is 14.4. The van der Waals surface area contributed by atoms with Crippen LogP contribution in [0.2, 0.25) is 0 Å². The van der Waals surface area contributed by atoms with Gasteiger partial charge in [0.15, 0.2) is 0 Å². The van der Waals surface area contributed by atoms with Crippen molar-refractivity contribution in [3.8, 4) is 0 Å². The van der Waals surface area contributed by atoms with E-state index in [-0.39, 0.29) is 17.7 Å². The third-order valence-corrected chi connectivity index (χ3v) is 6.67. The maximum Gasteiger partial charge on any atom is 0.240 e. The van der Waals surface area contributed by atoms with Gasteiger partial charge in [-0.15, -0.1) is 24.2 Å². The molecule has 2 aliphatic heterocycles. The number of rotatable bonds is 1. The second kappa shape index (κ2) is 6.42. The Morgan fingerprint density at radius 1 is 1.23 bits per heavy atom. The van der Waals surface area contributed by atoms with Crippen LogP contribution in [0, 0.1) is 11.8 Å². The maximum absolute atomic E-state index is 13.0. The molecule has 1 aromatic rings. The molecule has 120 valence electrons. The number of nitrogens with two attached hydrogens (primary N) is 1. The number of aryl methyl sites for hydroxylation is 1. The summed E-state index contributed by atoms with van der Waals surface area (Å²) in [7, 11) is 0. The largest absolute Gasteiger partial charge is 0.341 e. The van der Waals surface area contributed by atoms with Crippen LogP contribution in [-0.4, -0.2) is 35.7 Å². The van der Waals surface area contributed by atoms with Crippen molar-refractivity contribution in [2.24, 2.45) is 17.6 Å². The number of likely N-dealkylation sites (tertiary alicyclic amines) is 1. The van der Waals surface area contributed by atoms with Gasteiger partial charge in [-0.05, 0) is 48.0 Å². The van der Waals surface area contributed by atoms with E-state index in [1.807, 2.05) is 11.8 Å². The van der Waals surface area contributed by atoms with Gasteiger partial charge in [0.25, 0.3) is 0 Å². The van der Waals surface area contributed by atoms with Gasteiger partial charge >= 0.3 is 0 Å². The van der Waals surface area contributed by atoms with E-state index in [4.69, 9.17) is 5.73 Å². The van der Waals surface area contributed by atoms with Gasteiger partial charge in [-0.25, -0.2) is 0 Å². The average molecular weight is 339 g/mol. The fourth-order valence-corrected chi connectivity index (χ4v) is 5.53. The van der Waals surface area contributed by atoms with E-state index in [1.54, 1.807) is 0 Å². The lowest BCUT2D eigenvalue weighted by Gasteiger charge is -2.28. The van der Waals surface area contributed by atoms with Crippen LogP contribution in [0.4, 0.5) is 0 Å². The van der Waals surface area contributed by atoms with Crippen molar-refractivity contribution in [2.75, 3.05) is 18.8 Å². The van der Waals surface area contributed by atoms with Crippen LogP contribution in [0.15, 0.2) is 24.3 Å². The highest BCUT2D eigenvalue weighted by Crippen LogP contribution is 2.42. The van der Waals surface area contributed by atoms with Crippen molar-refractivity contribution in [2.45, 2.75) is 30.6 Å². The Balaban J connectivity index is 0.00000144. The van der Waals surface area contributed by atoms with Crippen molar-refractivity contribution in [1.29, 1.82) is 0 Å². The van der Waals surface area contributed by atoms with E-state index >= 15 is 0 Å². The number of hydrogen-bond donors (Lipinski definition) is 1. The molecule has 22 heavy (non-hydrogen) atoms. The molecule has 1 aliphatic carbocycles. The van der Waals surface area contributed by atoms with Gasteiger partial charge in [0.1, 0.15) is 5.25 Å². The highest BCUT2D eigenvalue weighted by atomic mass is 35.5. The number of benzene rings is 1. The fraction of sp³-hybridized carbons (Fsp3) is 0.588. The topological polar surface area (TPSA) is 46.3 Å². The molecule has 5 heteroatoms. The summed E-state index contributed by atoms with van der Waals surface area (Å²) in [5.74, 6) is 2.55. The van der Waals surface area contributed by atoms with E-state index in [9.17, 15) is 4.79 Å². The molecule has 1 saturated heterocycles. The van der Waals surface area contributed by atoms with E-state index in [0.717, 1.165) is 31.7 Å². The minimum atomic E-state index is 0. The number of carbonyl (C=O) groups is 1. The SMILES string of the molecule is Cl.NC1CCC2CN(C(=O)C3SCCc4ccccc43)CC12. The Morgan fingerprint density at radius 2 is 2.05 bits per heavy atom. The third kappa shape index (κ3) is 2.66. The summed E-state index contributed by atoms with van der Waals surface area (Å²) in [6, 6.07) is 8.74. The molecule has 3 aliphatic rings. The first-order valence-electron chi connectivity index (χ1n) is 7.98. The second-order valence-electron chi connectivity index (χ2n) is 6.61. The monoisotopic (exact) mass is 338 g/mol. The molecule has 2 heterocycles. The van der Waals surface area contributed by atoms with Gasteiger partial charge in [0.2, 0.25) is 5.91 Å². The fourth-order valence-electron chi connectivity index (χ4n) is 4.25. The summed E-state index contributed by atoms with van der Waals surface area (Å²) < 4.78 is 0. The standard InChI is InChI=1S/C17H22N2OS.ClH/c18-15-6-5-12-9-19(10-14(12)15)17(20)16-13-4-2-1-3-11(13)7-8-21-16;/h1-4,12,14-16H,5-10,18H2;1H. The van der Waals surface area contributed by atoms with Gasteiger partial charge in [0, 0.05) is 19.1 Å². The predicted octanol–water partition coefficient (Wildman–Crippen LogP) is 2.63.